The van der Waals surface area contributed by atoms with Gasteiger partial charge in [-0.15, -0.1) is 0 Å². The number of rotatable bonds is 4. The quantitative estimate of drug-likeness (QED) is 0.810. The summed E-state index contributed by atoms with van der Waals surface area (Å²) in [5, 5.41) is 0. The first-order valence-electron chi connectivity index (χ1n) is 7.40. The SMILES string of the molecule is C[C@@H]1CCCN(C(=O)CCN2CCCC2=O)[C@@H]1CN. The number of hydrogen-bond donors (Lipinski definition) is 1. The highest BCUT2D eigenvalue weighted by Gasteiger charge is 2.31. The molecule has 2 atom stereocenters. The third-order valence-corrected chi connectivity index (χ3v) is 4.44. The highest BCUT2D eigenvalue weighted by atomic mass is 16.2. The average Bonchev–Trinajstić information content (AvgIpc) is 2.81. The van der Waals surface area contributed by atoms with Gasteiger partial charge in [-0.05, 0) is 25.2 Å². The maximum atomic E-state index is 12.3. The molecule has 0 saturated carbocycles. The summed E-state index contributed by atoms with van der Waals surface area (Å²) in [5.41, 5.74) is 5.80. The number of nitrogens with zero attached hydrogens (tertiary/aromatic N) is 2. The topological polar surface area (TPSA) is 66.6 Å². The van der Waals surface area contributed by atoms with E-state index in [4.69, 9.17) is 5.73 Å². The Hall–Kier alpha value is -1.10. The van der Waals surface area contributed by atoms with Crippen LogP contribution in [-0.2, 0) is 9.59 Å². The summed E-state index contributed by atoms with van der Waals surface area (Å²) in [6.07, 6.45) is 4.22. The Morgan fingerprint density at radius 1 is 1.37 bits per heavy atom. The molecule has 2 N–H and O–H groups in total. The first-order chi connectivity index (χ1) is 9.13. The van der Waals surface area contributed by atoms with E-state index in [1.54, 1.807) is 0 Å². The molecule has 2 rings (SSSR count). The number of piperidine rings is 1. The molecular formula is C14H25N3O2. The van der Waals surface area contributed by atoms with Crippen LogP contribution in [0.15, 0.2) is 0 Å². The largest absolute Gasteiger partial charge is 0.342 e. The maximum absolute atomic E-state index is 12.3. The van der Waals surface area contributed by atoms with Crippen LogP contribution < -0.4 is 5.73 Å². The van der Waals surface area contributed by atoms with E-state index in [9.17, 15) is 9.59 Å². The highest BCUT2D eigenvalue weighted by Crippen LogP contribution is 2.23. The predicted octanol–water partition coefficient (Wildman–Crippen LogP) is 0.585. The second-order valence-corrected chi connectivity index (χ2v) is 5.74. The molecule has 0 bridgehead atoms. The minimum absolute atomic E-state index is 0.154. The van der Waals surface area contributed by atoms with Gasteiger partial charge in [-0.1, -0.05) is 6.92 Å². The molecule has 0 aromatic rings. The number of nitrogens with two attached hydrogens (primary N) is 1. The number of likely N-dealkylation sites (tertiary alicyclic amines) is 2. The third kappa shape index (κ3) is 3.26. The second-order valence-electron chi connectivity index (χ2n) is 5.74. The van der Waals surface area contributed by atoms with Crippen LogP contribution in [0, 0.1) is 5.92 Å². The molecule has 0 unspecified atom stereocenters. The van der Waals surface area contributed by atoms with E-state index in [0.29, 0.717) is 31.8 Å². The van der Waals surface area contributed by atoms with E-state index in [0.717, 1.165) is 32.4 Å². The summed E-state index contributed by atoms with van der Waals surface area (Å²) in [5.74, 6) is 0.827. The summed E-state index contributed by atoms with van der Waals surface area (Å²) in [6.45, 7) is 4.90. The average molecular weight is 267 g/mol. The van der Waals surface area contributed by atoms with Crippen molar-refractivity contribution in [1.82, 2.24) is 9.80 Å². The van der Waals surface area contributed by atoms with Crippen LogP contribution in [0.4, 0.5) is 0 Å². The van der Waals surface area contributed by atoms with Gasteiger partial charge in [0.1, 0.15) is 0 Å². The van der Waals surface area contributed by atoms with Gasteiger partial charge in [0.15, 0.2) is 0 Å². The zero-order valence-electron chi connectivity index (χ0n) is 11.8. The standard InChI is InChI=1S/C14H25N3O2/c1-11-4-2-8-17(12(11)10-15)14(19)6-9-16-7-3-5-13(16)18/h11-12H,2-10,15H2,1H3/t11-,12-/m1/s1. The van der Waals surface area contributed by atoms with Crippen molar-refractivity contribution in [2.24, 2.45) is 11.7 Å². The van der Waals surface area contributed by atoms with Crippen LogP contribution >= 0.6 is 0 Å². The van der Waals surface area contributed by atoms with Crippen molar-refractivity contribution in [3.05, 3.63) is 0 Å². The Balaban J connectivity index is 1.86. The molecule has 5 heteroatoms. The number of amides is 2. The molecule has 0 aromatic heterocycles. The molecule has 2 aliphatic heterocycles. The van der Waals surface area contributed by atoms with Crippen molar-refractivity contribution in [3.63, 3.8) is 0 Å². The second kappa shape index (κ2) is 6.37. The van der Waals surface area contributed by atoms with Gasteiger partial charge in [0.25, 0.3) is 0 Å². The lowest BCUT2D eigenvalue weighted by atomic mass is 9.90. The lowest BCUT2D eigenvalue weighted by molar-refractivity contribution is -0.137. The van der Waals surface area contributed by atoms with Crippen LogP contribution in [0.25, 0.3) is 0 Å². The van der Waals surface area contributed by atoms with Gasteiger partial charge >= 0.3 is 0 Å². The van der Waals surface area contributed by atoms with Crippen LogP contribution in [-0.4, -0.2) is 53.8 Å². The third-order valence-electron chi connectivity index (χ3n) is 4.44. The lowest BCUT2D eigenvalue weighted by Crippen LogP contribution is -2.51. The van der Waals surface area contributed by atoms with Gasteiger partial charge in [-0.2, -0.15) is 0 Å². The van der Waals surface area contributed by atoms with Gasteiger partial charge < -0.3 is 15.5 Å². The number of hydrogen-bond acceptors (Lipinski definition) is 3. The van der Waals surface area contributed by atoms with Gasteiger partial charge in [0.2, 0.25) is 11.8 Å². The summed E-state index contributed by atoms with van der Waals surface area (Å²) in [7, 11) is 0. The van der Waals surface area contributed by atoms with Crippen molar-refractivity contribution >= 4 is 11.8 Å². The van der Waals surface area contributed by atoms with Gasteiger partial charge in [-0.25, -0.2) is 0 Å². The zero-order chi connectivity index (χ0) is 13.8. The Labute approximate surface area is 115 Å². The smallest absolute Gasteiger partial charge is 0.224 e. The Bertz CT molecular complexity index is 346. The van der Waals surface area contributed by atoms with Crippen LogP contribution in [0.2, 0.25) is 0 Å². The van der Waals surface area contributed by atoms with Crippen molar-refractivity contribution in [2.45, 2.75) is 45.1 Å². The minimum atomic E-state index is 0.154. The van der Waals surface area contributed by atoms with Crippen LogP contribution in [0.5, 0.6) is 0 Å². The minimum Gasteiger partial charge on any atom is -0.342 e. The zero-order valence-corrected chi connectivity index (χ0v) is 11.8. The maximum Gasteiger partial charge on any atom is 0.224 e. The first-order valence-corrected chi connectivity index (χ1v) is 7.40. The molecule has 2 saturated heterocycles. The highest BCUT2D eigenvalue weighted by molar-refractivity contribution is 5.80. The number of carbonyl (C=O) groups excluding carboxylic acids is 2. The van der Waals surface area contributed by atoms with E-state index in [1.165, 1.54) is 0 Å². The van der Waals surface area contributed by atoms with E-state index >= 15 is 0 Å². The van der Waals surface area contributed by atoms with Crippen LogP contribution in [0.3, 0.4) is 0 Å². The van der Waals surface area contributed by atoms with E-state index < -0.39 is 0 Å². The molecular weight excluding hydrogens is 242 g/mol. The van der Waals surface area contributed by atoms with Crippen molar-refractivity contribution in [3.8, 4) is 0 Å². The fourth-order valence-electron chi connectivity index (χ4n) is 3.23. The molecule has 5 nitrogen and oxygen atoms in total. The molecule has 2 amide bonds. The normalized spacial score (nSPS) is 28.0. The first kappa shape index (κ1) is 14.3. The molecule has 0 radical (unpaired) electrons. The summed E-state index contributed by atoms with van der Waals surface area (Å²) >= 11 is 0. The van der Waals surface area contributed by atoms with Gasteiger partial charge in [0, 0.05) is 45.1 Å². The van der Waals surface area contributed by atoms with Gasteiger partial charge in [-0.3, -0.25) is 9.59 Å². The molecule has 0 spiro atoms. The monoisotopic (exact) mass is 267 g/mol. The molecule has 2 fully saturated rings. The molecule has 108 valence electrons. The fourth-order valence-corrected chi connectivity index (χ4v) is 3.23. The predicted molar refractivity (Wildman–Crippen MR) is 73.4 cm³/mol. The van der Waals surface area contributed by atoms with Crippen molar-refractivity contribution in [2.75, 3.05) is 26.2 Å². The molecule has 0 aromatic carbocycles. The fraction of sp³-hybridized carbons (Fsp3) is 0.857. The molecule has 2 heterocycles. The Morgan fingerprint density at radius 3 is 2.79 bits per heavy atom. The summed E-state index contributed by atoms with van der Waals surface area (Å²) in [4.78, 5) is 27.6. The molecule has 2 aliphatic rings. The Kier molecular flexibility index (Phi) is 4.80. The van der Waals surface area contributed by atoms with E-state index in [2.05, 4.69) is 6.92 Å². The summed E-state index contributed by atoms with van der Waals surface area (Å²) in [6, 6.07) is 0.176. The number of carbonyl (C=O) groups is 2. The summed E-state index contributed by atoms with van der Waals surface area (Å²) < 4.78 is 0. The van der Waals surface area contributed by atoms with E-state index in [1.807, 2.05) is 9.80 Å². The van der Waals surface area contributed by atoms with Gasteiger partial charge in [0.05, 0.1) is 0 Å². The van der Waals surface area contributed by atoms with Crippen molar-refractivity contribution < 1.29 is 9.59 Å². The van der Waals surface area contributed by atoms with Crippen molar-refractivity contribution in [1.29, 1.82) is 0 Å². The van der Waals surface area contributed by atoms with Crippen LogP contribution in [0.1, 0.15) is 39.0 Å². The van der Waals surface area contributed by atoms with E-state index in [-0.39, 0.29) is 17.9 Å². The lowest BCUT2D eigenvalue weighted by Gasteiger charge is -2.39. The molecule has 19 heavy (non-hydrogen) atoms. The molecule has 0 aliphatic carbocycles. The Morgan fingerprint density at radius 2 is 2.16 bits per heavy atom.